The largest absolute Gasteiger partial charge is 0.325 e. The molecule has 130 valence electrons. The second-order valence-corrected chi connectivity index (χ2v) is 6.87. The first kappa shape index (κ1) is 17.4. The zero-order valence-corrected chi connectivity index (χ0v) is 15.6. The Balaban J connectivity index is 1.68. The van der Waals surface area contributed by atoms with E-state index in [4.69, 9.17) is 0 Å². The summed E-state index contributed by atoms with van der Waals surface area (Å²) in [6.45, 7) is 2.52. The number of amides is 1. The minimum atomic E-state index is -0.312. The van der Waals surface area contributed by atoms with Crippen LogP contribution in [-0.2, 0) is 11.3 Å². The molecule has 1 heterocycles. The molecule has 3 aromatic rings. The highest BCUT2D eigenvalue weighted by Crippen LogP contribution is 2.19. The molecule has 1 aromatic heterocycles. The lowest BCUT2D eigenvalue weighted by Gasteiger charge is -2.24. The summed E-state index contributed by atoms with van der Waals surface area (Å²) < 4.78 is 1.02. The molecule has 0 aliphatic carbocycles. The van der Waals surface area contributed by atoms with Crippen LogP contribution in [0.25, 0.3) is 11.0 Å². The Labute approximate surface area is 153 Å². The Morgan fingerprint density at radius 2 is 1.92 bits per heavy atom. The molecule has 0 aliphatic heterocycles. The van der Waals surface area contributed by atoms with E-state index in [1.807, 2.05) is 43.1 Å². The fourth-order valence-electron chi connectivity index (χ4n) is 2.59. The van der Waals surface area contributed by atoms with Crippen LogP contribution in [0, 0.1) is 0 Å². The van der Waals surface area contributed by atoms with Crippen LogP contribution in [0.3, 0.4) is 0 Å². The molecular formula is C18H19BrN4O2. The van der Waals surface area contributed by atoms with Crippen molar-refractivity contribution in [1.29, 1.82) is 0 Å². The van der Waals surface area contributed by atoms with Gasteiger partial charge < -0.3 is 15.3 Å². The standard InChI is InChI=1S/C18H19BrN4O2/c1-11(23(2)10-12-5-3-4-6-14(12)19)17(24)20-13-7-8-15-16(9-13)22-18(25)21-15/h3-9,11H,10H2,1-2H3,(H,20,24)(H2,21,22,25)/t11-/m0/s1. The Hall–Kier alpha value is -2.38. The van der Waals surface area contributed by atoms with Crippen molar-refractivity contribution in [2.45, 2.75) is 19.5 Å². The highest BCUT2D eigenvalue weighted by molar-refractivity contribution is 9.10. The van der Waals surface area contributed by atoms with Crippen LogP contribution in [0.5, 0.6) is 0 Å². The minimum Gasteiger partial charge on any atom is -0.325 e. The van der Waals surface area contributed by atoms with Gasteiger partial charge in [0.25, 0.3) is 0 Å². The normalized spacial score (nSPS) is 12.5. The quantitative estimate of drug-likeness (QED) is 0.613. The van der Waals surface area contributed by atoms with Crippen molar-refractivity contribution in [3.63, 3.8) is 0 Å². The van der Waals surface area contributed by atoms with Crippen molar-refractivity contribution >= 4 is 38.6 Å². The lowest BCUT2D eigenvalue weighted by atomic mass is 10.2. The van der Waals surface area contributed by atoms with E-state index in [0.29, 0.717) is 23.3 Å². The maximum Gasteiger partial charge on any atom is 0.323 e. The van der Waals surface area contributed by atoms with Gasteiger partial charge in [-0.15, -0.1) is 0 Å². The van der Waals surface area contributed by atoms with Gasteiger partial charge in [-0.3, -0.25) is 9.69 Å². The van der Waals surface area contributed by atoms with Crippen LogP contribution >= 0.6 is 15.9 Å². The molecule has 0 aliphatic rings. The van der Waals surface area contributed by atoms with Gasteiger partial charge in [0, 0.05) is 16.7 Å². The van der Waals surface area contributed by atoms with Gasteiger partial charge in [-0.1, -0.05) is 34.1 Å². The highest BCUT2D eigenvalue weighted by atomic mass is 79.9. The molecule has 6 nitrogen and oxygen atoms in total. The molecule has 25 heavy (non-hydrogen) atoms. The summed E-state index contributed by atoms with van der Waals surface area (Å²) in [6, 6.07) is 12.9. The Kier molecular flexibility index (Phi) is 5.06. The Morgan fingerprint density at radius 3 is 2.68 bits per heavy atom. The SMILES string of the molecule is C[C@@H](C(=O)Nc1ccc2[nH]c(=O)[nH]c2c1)N(C)Cc1ccccc1Br. The number of anilines is 1. The number of aromatic nitrogens is 2. The summed E-state index contributed by atoms with van der Waals surface area (Å²) in [5.41, 5.74) is 2.88. The van der Waals surface area contributed by atoms with Gasteiger partial charge in [-0.2, -0.15) is 0 Å². The zero-order valence-electron chi connectivity index (χ0n) is 14.0. The van der Waals surface area contributed by atoms with E-state index in [2.05, 4.69) is 31.2 Å². The summed E-state index contributed by atoms with van der Waals surface area (Å²) in [5, 5.41) is 2.90. The molecule has 0 fully saturated rings. The third-order valence-electron chi connectivity index (χ3n) is 4.20. The second kappa shape index (κ2) is 7.25. The number of hydrogen-bond donors (Lipinski definition) is 3. The maximum atomic E-state index is 12.5. The summed E-state index contributed by atoms with van der Waals surface area (Å²) in [7, 11) is 1.91. The van der Waals surface area contributed by atoms with Gasteiger partial charge in [0.15, 0.2) is 0 Å². The number of benzene rings is 2. The summed E-state index contributed by atoms with van der Waals surface area (Å²) in [4.78, 5) is 31.2. The molecule has 0 radical (unpaired) electrons. The molecular weight excluding hydrogens is 384 g/mol. The van der Waals surface area contributed by atoms with E-state index in [1.54, 1.807) is 18.2 Å². The van der Waals surface area contributed by atoms with E-state index in [0.717, 1.165) is 10.0 Å². The third kappa shape index (κ3) is 4.00. The number of nitrogens with one attached hydrogen (secondary N) is 3. The van der Waals surface area contributed by atoms with Crippen LogP contribution < -0.4 is 11.0 Å². The van der Waals surface area contributed by atoms with Gasteiger partial charge in [0.1, 0.15) is 0 Å². The number of likely N-dealkylation sites (N-methyl/N-ethyl adjacent to an activating group) is 1. The van der Waals surface area contributed by atoms with E-state index in [1.165, 1.54) is 0 Å². The zero-order chi connectivity index (χ0) is 18.0. The van der Waals surface area contributed by atoms with E-state index >= 15 is 0 Å². The number of aromatic amines is 2. The number of hydrogen-bond acceptors (Lipinski definition) is 3. The van der Waals surface area contributed by atoms with Crippen LogP contribution in [0.4, 0.5) is 5.69 Å². The van der Waals surface area contributed by atoms with Crippen molar-refractivity contribution in [3.8, 4) is 0 Å². The third-order valence-corrected chi connectivity index (χ3v) is 4.98. The van der Waals surface area contributed by atoms with Crippen LogP contribution in [0.2, 0.25) is 0 Å². The number of carbonyl (C=O) groups excluding carboxylic acids is 1. The smallest absolute Gasteiger partial charge is 0.323 e. The van der Waals surface area contributed by atoms with Crippen LogP contribution in [-0.4, -0.2) is 33.9 Å². The minimum absolute atomic E-state index is 0.105. The van der Waals surface area contributed by atoms with E-state index < -0.39 is 0 Å². The summed E-state index contributed by atoms with van der Waals surface area (Å²) in [5.74, 6) is -0.105. The first-order valence-corrected chi connectivity index (χ1v) is 8.70. The van der Waals surface area contributed by atoms with Gasteiger partial charge >= 0.3 is 5.69 Å². The molecule has 0 bridgehead atoms. The number of carbonyl (C=O) groups is 1. The molecule has 1 atom stereocenters. The van der Waals surface area contributed by atoms with Crippen molar-refractivity contribution in [2.24, 2.45) is 0 Å². The predicted molar refractivity (Wildman–Crippen MR) is 103 cm³/mol. The molecule has 0 saturated carbocycles. The molecule has 0 saturated heterocycles. The van der Waals surface area contributed by atoms with Crippen molar-refractivity contribution in [1.82, 2.24) is 14.9 Å². The number of nitrogens with zero attached hydrogens (tertiary/aromatic N) is 1. The lowest BCUT2D eigenvalue weighted by molar-refractivity contribution is -0.120. The Morgan fingerprint density at radius 1 is 1.20 bits per heavy atom. The van der Waals surface area contributed by atoms with Crippen molar-refractivity contribution < 1.29 is 4.79 Å². The van der Waals surface area contributed by atoms with Gasteiger partial charge in [-0.05, 0) is 43.8 Å². The molecule has 3 rings (SSSR count). The second-order valence-electron chi connectivity index (χ2n) is 6.01. The van der Waals surface area contributed by atoms with E-state index in [-0.39, 0.29) is 17.6 Å². The molecule has 1 amide bonds. The molecule has 0 spiro atoms. The van der Waals surface area contributed by atoms with Gasteiger partial charge in [0.2, 0.25) is 5.91 Å². The predicted octanol–water partition coefficient (Wildman–Crippen LogP) is 3.08. The number of imidazole rings is 1. The topological polar surface area (TPSA) is 81.0 Å². The summed E-state index contributed by atoms with van der Waals surface area (Å²) >= 11 is 3.53. The van der Waals surface area contributed by atoms with Gasteiger partial charge in [-0.25, -0.2) is 4.79 Å². The summed E-state index contributed by atoms with van der Waals surface area (Å²) in [6.07, 6.45) is 0. The number of halogens is 1. The first-order valence-electron chi connectivity index (χ1n) is 7.90. The number of fused-ring (bicyclic) bond motifs is 1. The highest BCUT2D eigenvalue weighted by Gasteiger charge is 2.19. The van der Waals surface area contributed by atoms with Crippen LogP contribution in [0.1, 0.15) is 12.5 Å². The molecule has 7 heteroatoms. The average Bonchev–Trinajstić information content (AvgIpc) is 2.95. The van der Waals surface area contributed by atoms with Gasteiger partial charge in [0.05, 0.1) is 17.1 Å². The van der Waals surface area contributed by atoms with Crippen molar-refractivity contribution in [3.05, 3.63) is 63.0 Å². The van der Waals surface area contributed by atoms with Crippen molar-refractivity contribution in [2.75, 3.05) is 12.4 Å². The number of rotatable bonds is 5. The lowest BCUT2D eigenvalue weighted by Crippen LogP contribution is -2.39. The molecule has 3 N–H and O–H groups in total. The Bertz CT molecular complexity index is 963. The molecule has 2 aromatic carbocycles. The number of H-pyrrole nitrogens is 2. The van der Waals surface area contributed by atoms with E-state index in [9.17, 15) is 9.59 Å². The maximum absolute atomic E-state index is 12.5. The van der Waals surface area contributed by atoms with Crippen LogP contribution in [0.15, 0.2) is 51.7 Å². The first-order chi connectivity index (χ1) is 11.9. The fourth-order valence-corrected chi connectivity index (χ4v) is 3.00. The monoisotopic (exact) mass is 402 g/mol. The fraction of sp³-hybridized carbons (Fsp3) is 0.222. The molecule has 0 unspecified atom stereocenters. The average molecular weight is 403 g/mol.